The molecule has 0 radical (unpaired) electrons. The molecule has 104 valence electrons. The van der Waals surface area contributed by atoms with Gasteiger partial charge < -0.3 is 15.6 Å². The minimum Gasteiger partial charge on any atom is -0.369 e. The van der Waals surface area contributed by atoms with Gasteiger partial charge in [0.2, 0.25) is 5.95 Å². The van der Waals surface area contributed by atoms with E-state index in [0.717, 1.165) is 11.8 Å². The lowest BCUT2D eigenvalue weighted by Gasteiger charge is -1.95. The third-order valence-corrected chi connectivity index (χ3v) is 3.09. The molecular weight excluding hydrogens is 278 g/mol. The lowest BCUT2D eigenvalue weighted by Crippen LogP contribution is -2.18. The van der Waals surface area contributed by atoms with E-state index in [9.17, 15) is 9.59 Å². The summed E-state index contributed by atoms with van der Waals surface area (Å²) in [5.41, 5.74) is 6.21. The summed E-state index contributed by atoms with van der Waals surface area (Å²) in [5, 5.41) is 2.85. The minimum absolute atomic E-state index is 0.0652. The predicted molar refractivity (Wildman–Crippen MR) is 79.5 cm³/mol. The van der Waals surface area contributed by atoms with Gasteiger partial charge in [0.25, 0.3) is 10.8 Å². The summed E-state index contributed by atoms with van der Waals surface area (Å²) < 4.78 is 1.69. The molecule has 7 nitrogen and oxygen atoms in total. The van der Waals surface area contributed by atoms with E-state index >= 15 is 0 Å². The monoisotopic (exact) mass is 291 g/mol. The highest BCUT2D eigenvalue weighted by molar-refractivity contribution is 8.12. The summed E-state index contributed by atoms with van der Waals surface area (Å²) >= 11 is 1.08. The van der Waals surface area contributed by atoms with Crippen molar-refractivity contribution in [1.29, 1.82) is 0 Å². The van der Waals surface area contributed by atoms with E-state index in [1.54, 1.807) is 24.1 Å². The van der Waals surface area contributed by atoms with E-state index in [-0.39, 0.29) is 23.3 Å². The van der Waals surface area contributed by atoms with E-state index in [2.05, 4.69) is 27.1 Å². The SMILES string of the molecule is CSC(=O)NCC#Cc1cn(C)c2nc(N)[nH]c(=O)c12. The van der Waals surface area contributed by atoms with Gasteiger partial charge in [0.15, 0.2) is 5.65 Å². The first-order valence-corrected chi connectivity index (χ1v) is 6.91. The van der Waals surface area contributed by atoms with Gasteiger partial charge in [-0.1, -0.05) is 23.6 Å². The second-order valence-corrected chi connectivity index (χ2v) is 4.73. The quantitative estimate of drug-likeness (QED) is 0.654. The lowest BCUT2D eigenvalue weighted by molar-refractivity contribution is 0.262. The van der Waals surface area contributed by atoms with Crippen LogP contribution in [0, 0.1) is 11.8 Å². The van der Waals surface area contributed by atoms with E-state index in [1.165, 1.54) is 0 Å². The Morgan fingerprint density at radius 1 is 1.65 bits per heavy atom. The van der Waals surface area contributed by atoms with Crippen molar-refractivity contribution in [3.63, 3.8) is 0 Å². The number of amides is 1. The van der Waals surface area contributed by atoms with Crippen LogP contribution in [0.3, 0.4) is 0 Å². The maximum atomic E-state index is 11.9. The molecule has 0 unspecified atom stereocenters. The average molecular weight is 291 g/mol. The molecule has 1 amide bonds. The van der Waals surface area contributed by atoms with Crippen molar-refractivity contribution in [3.05, 3.63) is 22.1 Å². The molecule has 20 heavy (non-hydrogen) atoms. The van der Waals surface area contributed by atoms with Crippen LogP contribution in [0.1, 0.15) is 5.56 Å². The number of hydrogen-bond acceptors (Lipinski definition) is 5. The Morgan fingerprint density at radius 3 is 3.10 bits per heavy atom. The van der Waals surface area contributed by atoms with Gasteiger partial charge in [-0.3, -0.25) is 14.6 Å². The number of nitrogens with zero attached hydrogens (tertiary/aromatic N) is 2. The molecule has 0 aliphatic heterocycles. The number of aryl methyl sites for hydroxylation is 1. The van der Waals surface area contributed by atoms with Crippen molar-refractivity contribution in [2.75, 3.05) is 18.5 Å². The number of aromatic nitrogens is 3. The molecule has 2 heterocycles. The van der Waals surface area contributed by atoms with Gasteiger partial charge in [0.05, 0.1) is 17.5 Å². The van der Waals surface area contributed by atoms with E-state index in [4.69, 9.17) is 5.73 Å². The fraction of sp³-hybridized carbons (Fsp3) is 0.250. The van der Waals surface area contributed by atoms with Crippen LogP contribution in [0.4, 0.5) is 10.7 Å². The first-order chi connectivity index (χ1) is 9.52. The topological polar surface area (TPSA) is 106 Å². The number of fused-ring (bicyclic) bond motifs is 1. The number of carbonyl (C=O) groups excluding carboxylic acids is 1. The van der Waals surface area contributed by atoms with Gasteiger partial charge in [-0.15, -0.1) is 0 Å². The number of carbonyl (C=O) groups is 1. The number of nitrogens with one attached hydrogen (secondary N) is 2. The minimum atomic E-state index is -0.328. The van der Waals surface area contributed by atoms with Crippen LogP contribution in [0.25, 0.3) is 11.0 Å². The summed E-state index contributed by atoms with van der Waals surface area (Å²) in [5.74, 6) is 5.71. The molecule has 2 aromatic rings. The number of aromatic amines is 1. The zero-order valence-electron chi connectivity index (χ0n) is 11.0. The molecule has 0 fully saturated rings. The molecule has 2 aromatic heterocycles. The molecule has 2 rings (SSSR count). The van der Waals surface area contributed by atoms with E-state index in [1.807, 2.05) is 0 Å². The van der Waals surface area contributed by atoms with Crippen molar-refractivity contribution in [1.82, 2.24) is 19.9 Å². The smallest absolute Gasteiger partial charge is 0.279 e. The molecular formula is C12H13N5O2S. The maximum Gasteiger partial charge on any atom is 0.279 e. The Kier molecular flexibility index (Phi) is 4.00. The molecule has 8 heteroatoms. The highest BCUT2D eigenvalue weighted by Gasteiger charge is 2.10. The van der Waals surface area contributed by atoms with Crippen LogP contribution in [-0.4, -0.2) is 32.6 Å². The number of hydrogen-bond donors (Lipinski definition) is 3. The van der Waals surface area contributed by atoms with Crippen molar-refractivity contribution < 1.29 is 4.79 Å². The van der Waals surface area contributed by atoms with Crippen molar-refractivity contribution >= 4 is 34.0 Å². The summed E-state index contributed by atoms with van der Waals surface area (Å²) in [7, 11) is 1.76. The highest BCUT2D eigenvalue weighted by Crippen LogP contribution is 2.14. The van der Waals surface area contributed by atoms with Crippen molar-refractivity contribution in [2.24, 2.45) is 7.05 Å². The van der Waals surface area contributed by atoms with Crippen LogP contribution in [0.5, 0.6) is 0 Å². The molecule has 0 atom stereocenters. The molecule has 0 bridgehead atoms. The highest BCUT2D eigenvalue weighted by atomic mass is 32.2. The fourth-order valence-corrected chi connectivity index (χ4v) is 1.93. The Bertz CT molecular complexity index is 781. The second-order valence-electron chi connectivity index (χ2n) is 3.95. The number of anilines is 1. The van der Waals surface area contributed by atoms with Crippen LogP contribution < -0.4 is 16.6 Å². The first kappa shape index (κ1) is 14.0. The third kappa shape index (κ3) is 2.78. The van der Waals surface area contributed by atoms with Gasteiger partial charge >= 0.3 is 0 Å². The third-order valence-electron chi connectivity index (χ3n) is 2.57. The maximum absolute atomic E-state index is 11.9. The normalized spacial score (nSPS) is 10.1. The molecule has 0 spiro atoms. The largest absolute Gasteiger partial charge is 0.369 e. The molecule has 4 N–H and O–H groups in total. The van der Waals surface area contributed by atoms with E-state index < -0.39 is 0 Å². The van der Waals surface area contributed by atoms with Crippen LogP contribution in [0.2, 0.25) is 0 Å². The Morgan fingerprint density at radius 2 is 2.40 bits per heavy atom. The van der Waals surface area contributed by atoms with Crippen molar-refractivity contribution in [3.8, 4) is 11.8 Å². The zero-order valence-corrected chi connectivity index (χ0v) is 11.8. The van der Waals surface area contributed by atoms with Crippen LogP contribution >= 0.6 is 11.8 Å². The fourth-order valence-electron chi connectivity index (χ4n) is 1.72. The number of nitrogens with two attached hydrogens (primary N) is 1. The van der Waals surface area contributed by atoms with Crippen LogP contribution in [-0.2, 0) is 7.05 Å². The molecule has 0 saturated heterocycles. The predicted octanol–water partition coefficient (Wildman–Crippen LogP) is 0.268. The summed E-state index contributed by atoms with van der Waals surface area (Å²) in [6.45, 7) is 0.219. The molecule has 0 aliphatic carbocycles. The number of H-pyrrole nitrogens is 1. The van der Waals surface area contributed by atoms with E-state index in [0.29, 0.717) is 16.6 Å². The molecule has 0 aliphatic rings. The van der Waals surface area contributed by atoms with Gasteiger partial charge in [-0.05, 0) is 6.26 Å². The van der Waals surface area contributed by atoms with Crippen LogP contribution in [0.15, 0.2) is 11.0 Å². The lowest BCUT2D eigenvalue weighted by atomic mass is 10.2. The number of nitrogen functional groups attached to an aromatic ring is 1. The number of rotatable bonds is 1. The average Bonchev–Trinajstić information content (AvgIpc) is 2.71. The number of thioether (sulfide) groups is 1. The Hall–Kier alpha value is -2.40. The van der Waals surface area contributed by atoms with Gasteiger partial charge in [0, 0.05) is 13.2 Å². The standard InChI is InChI=1S/C12H13N5O2S/c1-17-6-7(4-3-5-14-12(19)20-2)8-9(17)15-11(13)16-10(8)18/h6H,5H2,1-2H3,(H,14,19)(H3,13,15,16,18). The van der Waals surface area contributed by atoms with Gasteiger partial charge in [-0.2, -0.15) is 4.98 Å². The molecule has 0 aromatic carbocycles. The first-order valence-electron chi connectivity index (χ1n) is 5.68. The Balaban J connectivity index is 2.35. The second kappa shape index (κ2) is 5.71. The van der Waals surface area contributed by atoms with Gasteiger partial charge in [-0.25, -0.2) is 0 Å². The summed E-state index contributed by atoms with van der Waals surface area (Å²) in [6.07, 6.45) is 3.39. The summed E-state index contributed by atoms with van der Waals surface area (Å²) in [6, 6.07) is 0. The van der Waals surface area contributed by atoms with Gasteiger partial charge in [0.1, 0.15) is 0 Å². The molecule has 0 saturated carbocycles. The summed E-state index contributed by atoms with van der Waals surface area (Å²) in [4.78, 5) is 29.4. The Labute approximate surface area is 118 Å². The zero-order chi connectivity index (χ0) is 14.7. The van der Waals surface area contributed by atoms with Crippen molar-refractivity contribution in [2.45, 2.75) is 0 Å².